The highest BCUT2D eigenvalue weighted by atomic mass is 79.9. The molecule has 1 atom stereocenters. The van der Waals surface area contributed by atoms with Gasteiger partial charge in [-0.05, 0) is 18.6 Å². The van der Waals surface area contributed by atoms with Crippen molar-refractivity contribution in [1.29, 1.82) is 0 Å². The van der Waals surface area contributed by atoms with Crippen LogP contribution < -0.4 is 5.32 Å². The maximum absolute atomic E-state index is 6.12. The van der Waals surface area contributed by atoms with Crippen molar-refractivity contribution in [2.45, 2.75) is 19.4 Å². The van der Waals surface area contributed by atoms with Gasteiger partial charge in [-0.1, -0.05) is 46.1 Å². The Balaban J connectivity index is 2.87. The number of rotatable bonds is 5. The third-order valence-electron chi connectivity index (χ3n) is 2.22. The van der Waals surface area contributed by atoms with Gasteiger partial charge in [0, 0.05) is 17.6 Å². The zero-order chi connectivity index (χ0) is 12.1. The van der Waals surface area contributed by atoms with Gasteiger partial charge in [0.2, 0.25) is 0 Å². The second-order valence-corrected chi connectivity index (χ2v) is 5.18. The second-order valence-electron chi connectivity index (χ2n) is 3.45. The minimum Gasteiger partial charge on any atom is -0.383 e. The van der Waals surface area contributed by atoms with Gasteiger partial charge in [0.1, 0.15) is 0 Å². The predicted octanol–water partition coefficient (Wildman–Crippen LogP) is 4.59. The fourth-order valence-corrected chi connectivity index (χ4v) is 2.66. The lowest BCUT2D eigenvalue weighted by Gasteiger charge is -2.19. The first-order valence-corrected chi connectivity index (χ1v) is 6.53. The molecule has 0 bridgehead atoms. The summed E-state index contributed by atoms with van der Waals surface area (Å²) in [6.07, 6.45) is 0.941. The molecule has 5 heteroatoms. The highest BCUT2D eigenvalue weighted by Gasteiger charge is 2.12. The molecule has 0 aromatic heterocycles. The van der Waals surface area contributed by atoms with Gasteiger partial charge in [0.15, 0.2) is 0 Å². The summed E-state index contributed by atoms with van der Waals surface area (Å²) in [5, 5.41) is 4.49. The fraction of sp³-hybridized carbons (Fsp3) is 0.455. The van der Waals surface area contributed by atoms with E-state index in [2.05, 4.69) is 28.2 Å². The van der Waals surface area contributed by atoms with E-state index in [4.69, 9.17) is 27.9 Å². The molecular formula is C11H14BrCl2NO. The van der Waals surface area contributed by atoms with Gasteiger partial charge in [-0.2, -0.15) is 0 Å². The van der Waals surface area contributed by atoms with Gasteiger partial charge >= 0.3 is 0 Å². The Bertz CT molecular complexity index is 337. The highest BCUT2D eigenvalue weighted by molar-refractivity contribution is 9.10. The molecule has 0 heterocycles. The molecule has 0 fully saturated rings. The highest BCUT2D eigenvalue weighted by Crippen LogP contribution is 2.34. The summed E-state index contributed by atoms with van der Waals surface area (Å²) in [5.41, 5.74) is 0.760. The van der Waals surface area contributed by atoms with E-state index in [0.717, 1.165) is 16.6 Å². The normalized spacial score (nSPS) is 12.6. The van der Waals surface area contributed by atoms with Crippen LogP contribution in [0.5, 0.6) is 0 Å². The van der Waals surface area contributed by atoms with Crippen molar-refractivity contribution in [3.05, 3.63) is 26.7 Å². The molecule has 0 aliphatic rings. The first kappa shape index (κ1) is 14.1. The van der Waals surface area contributed by atoms with Gasteiger partial charge < -0.3 is 10.1 Å². The van der Waals surface area contributed by atoms with Crippen LogP contribution >= 0.6 is 39.1 Å². The topological polar surface area (TPSA) is 21.3 Å². The largest absolute Gasteiger partial charge is 0.383 e. The smallest absolute Gasteiger partial charge is 0.0722 e. The Morgan fingerprint density at radius 2 is 1.94 bits per heavy atom. The lowest BCUT2D eigenvalue weighted by Crippen LogP contribution is -2.24. The lowest BCUT2D eigenvalue weighted by atomic mass is 10.2. The Hall–Kier alpha value is 0.0400. The van der Waals surface area contributed by atoms with Crippen molar-refractivity contribution >= 4 is 44.8 Å². The van der Waals surface area contributed by atoms with E-state index >= 15 is 0 Å². The van der Waals surface area contributed by atoms with Crippen LogP contribution in [0, 0.1) is 0 Å². The van der Waals surface area contributed by atoms with Gasteiger partial charge in [0.25, 0.3) is 0 Å². The van der Waals surface area contributed by atoms with E-state index in [-0.39, 0.29) is 6.04 Å². The lowest BCUT2D eigenvalue weighted by molar-refractivity contribution is 0.184. The molecule has 1 rings (SSSR count). The molecule has 0 radical (unpaired) electrons. The Morgan fingerprint density at radius 1 is 1.38 bits per heavy atom. The van der Waals surface area contributed by atoms with Crippen molar-refractivity contribution in [3.63, 3.8) is 0 Å². The third-order valence-corrected chi connectivity index (χ3v) is 3.27. The second kappa shape index (κ2) is 6.70. The molecule has 16 heavy (non-hydrogen) atoms. The summed E-state index contributed by atoms with van der Waals surface area (Å²) in [6, 6.07) is 3.84. The van der Waals surface area contributed by atoms with Gasteiger partial charge in [-0.25, -0.2) is 0 Å². The summed E-state index contributed by atoms with van der Waals surface area (Å²) in [5.74, 6) is 0. The fourth-order valence-electron chi connectivity index (χ4n) is 1.35. The minimum atomic E-state index is 0.209. The molecule has 0 amide bonds. The molecule has 1 unspecified atom stereocenters. The number of hydrogen-bond acceptors (Lipinski definition) is 2. The van der Waals surface area contributed by atoms with Gasteiger partial charge in [-0.3, -0.25) is 0 Å². The Morgan fingerprint density at radius 3 is 2.38 bits per heavy atom. The number of nitrogens with one attached hydrogen (secondary N) is 1. The average Bonchev–Trinajstić information content (AvgIpc) is 2.21. The molecule has 1 aromatic rings. The number of halogens is 3. The van der Waals surface area contributed by atoms with Crippen LogP contribution in [-0.2, 0) is 4.74 Å². The summed E-state index contributed by atoms with van der Waals surface area (Å²) in [4.78, 5) is 0. The van der Waals surface area contributed by atoms with Crippen molar-refractivity contribution in [2.75, 3.05) is 19.0 Å². The number of benzene rings is 1. The molecule has 0 aliphatic heterocycles. The molecule has 1 N–H and O–H groups in total. The van der Waals surface area contributed by atoms with Crippen molar-refractivity contribution in [3.8, 4) is 0 Å². The van der Waals surface area contributed by atoms with E-state index in [0.29, 0.717) is 16.7 Å². The predicted molar refractivity (Wildman–Crippen MR) is 73.7 cm³/mol. The number of ether oxygens (including phenoxy) is 1. The van der Waals surface area contributed by atoms with E-state index in [9.17, 15) is 0 Å². The monoisotopic (exact) mass is 325 g/mol. The summed E-state index contributed by atoms with van der Waals surface area (Å²) < 4.78 is 5.98. The first-order valence-electron chi connectivity index (χ1n) is 4.98. The zero-order valence-electron chi connectivity index (χ0n) is 9.19. The van der Waals surface area contributed by atoms with Crippen molar-refractivity contribution < 1.29 is 4.74 Å². The van der Waals surface area contributed by atoms with Crippen LogP contribution in [0.15, 0.2) is 16.6 Å². The standard InChI is InChI=1S/C11H14BrCl2NO/c1-3-8(6-16-2)15-11-9(13)4-7(12)5-10(11)14/h4-5,8,15H,3,6H2,1-2H3. The summed E-state index contributed by atoms with van der Waals surface area (Å²) in [6.45, 7) is 2.70. The maximum Gasteiger partial charge on any atom is 0.0722 e. The Kier molecular flexibility index (Phi) is 5.90. The number of anilines is 1. The van der Waals surface area contributed by atoms with Crippen LogP contribution in [0.25, 0.3) is 0 Å². The quantitative estimate of drug-likeness (QED) is 0.854. The molecule has 0 saturated heterocycles. The van der Waals surface area contributed by atoms with E-state index in [1.165, 1.54) is 0 Å². The SMILES string of the molecule is CCC(COC)Nc1c(Cl)cc(Br)cc1Cl. The van der Waals surface area contributed by atoms with Crippen LogP contribution in [0.2, 0.25) is 10.0 Å². The van der Waals surface area contributed by atoms with Crippen LogP contribution in [0.3, 0.4) is 0 Å². The average molecular weight is 327 g/mol. The maximum atomic E-state index is 6.12. The zero-order valence-corrected chi connectivity index (χ0v) is 12.3. The van der Waals surface area contributed by atoms with E-state index < -0.39 is 0 Å². The number of hydrogen-bond donors (Lipinski definition) is 1. The summed E-state index contributed by atoms with van der Waals surface area (Å²) in [7, 11) is 1.68. The Labute approximate surface area is 114 Å². The molecular weight excluding hydrogens is 313 g/mol. The first-order chi connectivity index (χ1) is 7.58. The van der Waals surface area contributed by atoms with Crippen LogP contribution in [0.4, 0.5) is 5.69 Å². The molecule has 0 spiro atoms. The molecule has 0 aliphatic carbocycles. The van der Waals surface area contributed by atoms with Crippen LogP contribution in [-0.4, -0.2) is 19.8 Å². The summed E-state index contributed by atoms with van der Waals surface area (Å²) >= 11 is 15.6. The number of methoxy groups -OCH3 is 1. The molecule has 90 valence electrons. The van der Waals surface area contributed by atoms with Crippen molar-refractivity contribution in [1.82, 2.24) is 0 Å². The van der Waals surface area contributed by atoms with Gasteiger partial charge in [0.05, 0.1) is 22.3 Å². The van der Waals surface area contributed by atoms with Crippen LogP contribution in [0.1, 0.15) is 13.3 Å². The molecule has 1 aromatic carbocycles. The van der Waals surface area contributed by atoms with Crippen molar-refractivity contribution in [2.24, 2.45) is 0 Å². The molecule has 0 saturated carbocycles. The molecule has 2 nitrogen and oxygen atoms in total. The minimum absolute atomic E-state index is 0.209. The van der Waals surface area contributed by atoms with Gasteiger partial charge in [-0.15, -0.1) is 0 Å². The third kappa shape index (κ3) is 3.81. The van der Waals surface area contributed by atoms with E-state index in [1.807, 2.05) is 12.1 Å². The van der Waals surface area contributed by atoms with E-state index in [1.54, 1.807) is 7.11 Å².